The maximum absolute atomic E-state index is 11.4. The highest BCUT2D eigenvalue weighted by molar-refractivity contribution is 5.81. The highest BCUT2D eigenvalue weighted by Gasteiger charge is 2.32. The third-order valence-electron chi connectivity index (χ3n) is 2.84. The number of amides is 1. The van der Waals surface area contributed by atoms with Crippen molar-refractivity contribution < 1.29 is 9.53 Å². The molecule has 1 N–H and O–H groups in total. The van der Waals surface area contributed by atoms with Gasteiger partial charge >= 0.3 is 0 Å². The number of hydrogen-bond acceptors (Lipinski definition) is 2. The Morgan fingerprint density at radius 2 is 2.23 bits per heavy atom. The van der Waals surface area contributed by atoms with Crippen LogP contribution in [0.1, 0.15) is 32.6 Å². The molecule has 0 aromatic rings. The Morgan fingerprint density at radius 3 is 2.77 bits per heavy atom. The molecule has 0 bridgehead atoms. The smallest absolute Gasteiger partial charge is 0.223 e. The van der Waals surface area contributed by atoms with Crippen molar-refractivity contribution in [1.29, 1.82) is 0 Å². The Labute approximate surface area is 78.8 Å². The first-order chi connectivity index (χ1) is 6.27. The zero-order valence-corrected chi connectivity index (χ0v) is 8.08. The Balaban J connectivity index is 1.75. The van der Waals surface area contributed by atoms with Gasteiger partial charge in [0.2, 0.25) is 5.91 Å². The summed E-state index contributed by atoms with van der Waals surface area (Å²) in [5.41, 5.74) is 0. The van der Waals surface area contributed by atoms with Gasteiger partial charge < -0.3 is 10.1 Å². The number of nitrogens with one attached hydrogen (secondary N) is 1. The first-order valence-electron chi connectivity index (χ1n) is 5.19. The number of rotatable bonds is 3. The van der Waals surface area contributed by atoms with E-state index in [-0.39, 0.29) is 18.1 Å². The minimum atomic E-state index is 0.190. The lowest BCUT2D eigenvalue weighted by Crippen LogP contribution is -2.41. The molecule has 0 radical (unpaired) electrons. The van der Waals surface area contributed by atoms with Gasteiger partial charge in [0.15, 0.2) is 0 Å². The van der Waals surface area contributed by atoms with Crippen molar-refractivity contribution in [2.45, 2.75) is 44.8 Å². The number of carbonyl (C=O) groups excluding carboxylic acids is 1. The molecule has 1 amide bonds. The van der Waals surface area contributed by atoms with Gasteiger partial charge in [-0.1, -0.05) is 0 Å². The van der Waals surface area contributed by atoms with Crippen molar-refractivity contribution in [2.75, 3.05) is 6.61 Å². The minimum absolute atomic E-state index is 0.190. The van der Waals surface area contributed by atoms with Crippen molar-refractivity contribution >= 4 is 5.91 Å². The molecule has 0 aromatic carbocycles. The van der Waals surface area contributed by atoms with Crippen LogP contribution in [0.5, 0.6) is 0 Å². The Kier molecular flexibility index (Phi) is 2.54. The second kappa shape index (κ2) is 3.66. The summed E-state index contributed by atoms with van der Waals surface area (Å²) in [4.78, 5) is 11.4. The van der Waals surface area contributed by atoms with E-state index in [0.29, 0.717) is 5.92 Å². The molecule has 1 saturated heterocycles. The predicted molar refractivity (Wildman–Crippen MR) is 49.3 cm³/mol. The van der Waals surface area contributed by atoms with Crippen molar-refractivity contribution in [1.82, 2.24) is 5.32 Å². The molecule has 74 valence electrons. The van der Waals surface area contributed by atoms with Crippen LogP contribution in [-0.2, 0) is 9.53 Å². The van der Waals surface area contributed by atoms with Gasteiger partial charge in [-0.05, 0) is 32.6 Å². The van der Waals surface area contributed by atoms with Gasteiger partial charge in [0, 0.05) is 12.5 Å². The SMILES string of the molecule is CC(NC(=O)C1CC1)C1CCCO1. The average molecular weight is 183 g/mol. The summed E-state index contributed by atoms with van der Waals surface area (Å²) in [6.07, 6.45) is 4.62. The normalized spacial score (nSPS) is 30.1. The summed E-state index contributed by atoms with van der Waals surface area (Å²) in [5.74, 6) is 0.534. The first-order valence-corrected chi connectivity index (χ1v) is 5.19. The highest BCUT2D eigenvalue weighted by Crippen LogP contribution is 2.29. The van der Waals surface area contributed by atoms with E-state index in [1.807, 2.05) is 6.92 Å². The fourth-order valence-electron chi connectivity index (χ4n) is 1.78. The monoisotopic (exact) mass is 183 g/mol. The molecule has 2 fully saturated rings. The van der Waals surface area contributed by atoms with Gasteiger partial charge in [-0.3, -0.25) is 4.79 Å². The summed E-state index contributed by atoms with van der Waals surface area (Å²) in [6, 6.07) is 0.190. The molecule has 3 nitrogen and oxygen atoms in total. The zero-order valence-electron chi connectivity index (χ0n) is 8.08. The van der Waals surface area contributed by atoms with E-state index in [9.17, 15) is 4.79 Å². The van der Waals surface area contributed by atoms with Crippen molar-refractivity contribution in [3.63, 3.8) is 0 Å². The summed E-state index contributed by atoms with van der Waals surface area (Å²) in [7, 11) is 0. The first kappa shape index (κ1) is 9.00. The molecule has 2 unspecified atom stereocenters. The van der Waals surface area contributed by atoms with Crippen molar-refractivity contribution in [2.24, 2.45) is 5.92 Å². The molecule has 1 heterocycles. The van der Waals surface area contributed by atoms with E-state index in [2.05, 4.69) is 5.32 Å². The van der Waals surface area contributed by atoms with Crippen LogP contribution in [0.25, 0.3) is 0 Å². The lowest BCUT2D eigenvalue weighted by Gasteiger charge is -2.19. The molecule has 2 aliphatic rings. The largest absolute Gasteiger partial charge is 0.376 e. The van der Waals surface area contributed by atoms with E-state index < -0.39 is 0 Å². The van der Waals surface area contributed by atoms with Crippen LogP contribution >= 0.6 is 0 Å². The molecule has 1 aliphatic carbocycles. The zero-order chi connectivity index (χ0) is 9.26. The molecule has 3 heteroatoms. The van der Waals surface area contributed by atoms with Crippen LogP contribution in [-0.4, -0.2) is 24.7 Å². The van der Waals surface area contributed by atoms with E-state index in [1.54, 1.807) is 0 Å². The van der Waals surface area contributed by atoms with Crippen molar-refractivity contribution in [3.05, 3.63) is 0 Å². The molecule has 2 atom stereocenters. The number of hydrogen-bond donors (Lipinski definition) is 1. The second-order valence-electron chi connectivity index (χ2n) is 4.12. The molecule has 0 aromatic heterocycles. The highest BCUT2D eigenvalue weighted by atomic mass is 16.5. The van der Waals surface area contributed by atoms with Gasteiger partial charge in [0.25, 0.3) is 0 Å². The maximum atomic E-state index is 11.4. The Bertz CT molecular complexity index is 195. The lowest BCUT2D eigenvalue weighted by atomic mass is 10.1. The third-order valence-corrected chi connectivity index (χ3v) is 2.84. The van der Waals surface area contributed by atoms with E-state index in [4.69, 9.17) is 4.74 Å². The summed E-state index contributed by atoms with van der Waals surface area (Å²) >= 11 is 0. The van der Waals surface area contributed by atoms with E-state index in [0.717, 1.165) is 32.3 Å². The Morgan fingerprint density at radius 1 is 1.46 bits per heavy atom. The molecular formula is C10H17NO2. The van der Waals surface area contributed by atoms with Crippen LogP contribution < -0.4 is 5.32 Å². The topological polar surface area (TPSA) is 38.3 Å². The van der Waals surface area contributed by atoms with E-state index in [1.165, 1.54) is 0 Å². The van der Waals surface area contributed by atoms with E-state index >= 15 is 0 Å². The maximum Gasteiger partial charge on any atom is 0.223 e. The fraction of sp³-hybridized carbons (Fsp3) is 0.900. The van der Waals surface area contributed by atoms with Gasteiger partial charge in [0.05, 0.1) is 12.1 Å². The van der Waals surface area contributed by atoms with Crippen LogP contribution in [0.2, 0.25) is 0 Å². The minimum Gasteiger partial charge on any atom is -0.376 e. The van der Waals surface area contributed by atoms with Crippen molar-refractivity contribution in [3.8, 4) is 0 Å². The third kappa shape index (κ3) is 2.21. The molecule has 2 rings (SSSR count). The lowest BCUT2D eigenvalue weighted by molar-refractivity contribution is -0.123. The van der Waals surface area contributed by atoms with Crippen LogP contribution in [0.4, 0.5) is 0 Å². The fourth-order valence-corrected chi connectivity index (χ4v) is 1.78. The van der Waals surface area contributed by atoms with Crippen LogP contribution in [0, 0.1) is 5.92 Å². The van der Waals surface area contributed by atoms with Gasteiger partial charge in [0.1, 0.15) is 0 Å². The molecular weight excluding hydrogens is 166 g/mol. The molecule has 1 aliphatic heterocycles. The average Bonchev–Trinajstić information content (AvgIpc) is 2.81. The Hall–Kier alpha value is -0.570. The predicted octanol–water partition coefficient (Wildman–Crippen LogP) is 1.08. The number of carbonyl (C=O) groups is 1. The summed E-state index contributed by atoms with van der Waals surface area (Å²) < 4.78 is 5.50. The quantitative estimate of drug-likeness (QED) is 0.711. The molecule has 1 saturated carbocycles. The molecule has 13 heavy (non-hydrogen) atoms. The van der Waals surface area contributed by atoms with Gasteiger partial charge in [-0.2, -0.15) is 0 Å². The van der Waals surface area contributed by atoms with Gasteiger partial charge in [-0.15, -0.1) is 0 Å². The molecule has 0 spiro atoms. The second-order valence-corrected chi connectivity index (χ2v) is 4.12. The summed E-state index contributed by atoms with van der Waals surface area (Å²) in [6.45, 7) is 2.89. The standard InChI is InChI=1S/C10H17NO2/c1-7(9-3-2-6-13-9)11-10(12)8-4-5-8/h7-9H,2-6H2,1H3,(H,11,12). The van der Waals surface area contributed by atoms with Crippen LogP contribution in [0.3, 0.4) is 0 Å². The van der Waals surface area contributed by atoms with Crippen LogP contribution in [0.15, 0.2) is 0 Å². The van der Waals surface area contributed by atoms with Gasteiger partial charge in [-0.25, -0.2) is 0 Å². The summed E-state index contributed by atoms with van der Waals surface area (Å²) in [5, 5.41) is 3.02. The number of ether oxygens (including phenoxy) is 1.